The predicted molar refractivity (Wildman–Crippen MR) is 140 cm³/mol. The van der Waals surface area contributed by atoms with E-state index in [4.69, 9.17) is 4.42 Å². The fourth-order valence-corrected chi connectivity index (χ4v) is 5.99. The monoisotopic (exact) mass is 490 g/mol. The molecule has 0 radical (unpaired) electrons. The quantitative estimate of drug-likeness (QED) is 0.480. The standard InChI is InChI=1S/C29H38N4O3/c1-20-10-11-23(36-20)19-33-15-7-3-2-6-13-30-29(35)25-16-22(17-27(25)33)28(34)31-14-12-21-18-32-26-9-5-4-8-24(21)26/h4-5,8-11,18,22,25,27,32H,2-3,6-7,12-17,19H2,1H3,(H,30,35)(H,31,34). The van der Waals surface area contributed by atoms with E-state index in [9.17, 15) is 9.59 Å². The number of para-hydroxylation sites is 1. The largest absolute Gasteiger partial charge is 0.465 e. The molecule has 5 rings (SSSR count). The van der Waals surface area contributed by atoms with Crippen molar-refractivity contribution in [1.29, 1.82) is 0 Å². The van der Waals surface area contributed by atoms with Crippen LogP contribution in [0.4, 0.5) is 0 Å². The van der Waals surface area contributed by atoms with Gasteiger partial charge in [-0.2, -0.15) is 0 Å². The summed E-state index contributed by atoms with van der Waals surface area (Å²) >= 11 is 0. The lowest BCUT2D eigenvalue weighted by Gasteiger charge is -2.31. The highest BCUT2D eigenvalue weighted by atomic mass is 16.3. The van der Waals surface area contributed by atoms with Crippen LogP contribution in [0, 0.1) is 18.8 Å². The lowest BCUT2D eigenvalue weighted by molar-refractivity contribution is -0.127. The van der Waals surface area contributed by atoms with Gasteiger partial charge in [-0.15, -0.1) is 0 Å². The Labute approximate surface area is 213 Å². The second-order valence-corrected chi connectivity index (χ2v) is 10.4. The molecule has 2 fully saturated rings. The summed E-state index contributed by atoms with van der Waals surface area (Å²) in [6.07, 6.45) is 8.50. The van der Waals surface area contributed by atoms with Gasteiger partial charge in [0, 0.05) is 42.1 Å². The molecule has 192 valence electrons. The van der Waals surface area contributed by atoms with Gasteiger partial charge in [-0.05, 0) is 69.3 Å². The van der Waals surface area contributed by atoms with Gasteiger partial charge in [0.05, 0.1) is 12.5 Å². The highest BCUT2D eigenvalue weighted by Crippen LogP contribution is 2.36. The van der Waals surface area contributed by atoms with Crippen molar-refractivity contribution >= 4 is 22.7 Å². The Kier molecular flexibility index (Phi) is 7.75. The van der Waals surface area contributed by atoms with Crippen molar-refractivity contribution in [3.63, 3.8) is 0 Å². The number of fused-ring (bicyclic) bond motifs is 2. The van der Waals surface area contributed by atoms with E-state index >= 15 is 0 Å². The Bertz CT molecular complexity index is 1180. The Hall–Kier alpha value is -3.06. The Morgan fingerprint density at radius 1 is 1.11 bits per heavy atom. The minimum atomic E-state index is -0.177. The van der Waals surface area contributed by atoms with E-state index in [0.29, 0.717) is 25.9 Å². The maximum absolute atomic E-state index is 13.2. The predicted octanol–water partition coefficient (Wildman–Crippen LogP) is 4.32. The van der Waals surface area contributed by atoms with Crippen molar-refractivity contribution in [3.8, 4) is 0 Å². The van der Waals surface area contributed by atoms with Crippen molar-refractivity contribution in [2.75, 3.05) is 19.6 Å². The number of rotatable bonds is 6. The first-order valence-corrected chi connectivity index (χ1v) is 13.5. The number of nitrogens with zero attached hydrogens (tertiary/aromatic N) is 1. The molecule has 3 atom stereocenters. The summed E-state index contributed by atoms with van der Waals surface area (Å²) in [6, 6.07) is 12.3. The van der Waals surface area contributed by atoms with Crippen molar-refractivity contribution in [2.24, 2.45) is 11.8 Å². The van der Waals surface area contributed by atoms with Crippen LogP contribution in [0.3, 0.4) is 0 Å². The number of aryl methyl sites for hydroxylation is 1. The molecule has 1 aromatic carbocycles. The molecular formula is C29H38N4O3. The van der Waals surface area contributed by atoms with Crippen LogP contribution >= 0.6 is 0 Å². The summed E-state index contributed by atoms with van der Waals surface area (Å²) in [5.41, 5.74) is 2.33. The number of amides is 2. The summed E-state index contributed by atoms with van der Waals surface area (Å²) < 4.78 is 5.88. The lowest BCUT2D eigenvalue weighted by Crippen LogP contribution is -2.44. The highest BCUT2D eigenvalue weighted by Gasteiger charge is 2.44. The number of carbonyl (C=O) groups excluding carboxylic acids is 2. The Morgan fingerprint density at radius 2 is 1.97 bits per heavy atom. The van der Waals surface area contributed by atoms with E-state index < -0.39 is 0 Å². The van der Waals surface area contributed by atoms with Crippen LogP contribution in [0.25, 0.3) is 10.9 Å². The van der Waals surface area contributed by atoms with E-state index in [1.165, 1.54) is 10.9 Å². The van der Waals surface area contributed by atoms with Crippen LogP contribution < -0.4 is 10.6 Å². The zero-order chi connectivity index (χ0) is 24.9. The third-order valence-corrected chi connectivity index (χ3v) is 7.90. The summed E-state index contributed by atoms with van der Waals surface area (Å²) in [7, 11) is 0. The van der Waals surface area contributed by atoms with Gasteiger partial charge in [0.2, 0.25) is 11.8 Å². The molecule has 2 aliphatic rings. The maximum atomic E-state index is 13.2. The number of H-pyrrole nitrogens is 1. The van der Waals surface area contributed by atoms with Crippen molar-refractivity contribution in [1.82, 2.24) is 20.5 Å². The Morgan fingerprint density at radius 3 is 2.83 bits per heavy atom. The van der Waals surface area contributed by atoms with Crippen molar-refractivity contribution in [2.45, 2.75) is 64.5 Å². The molecule has 0 bridgehead atoms. The van der Waals surface area contributed by atoms with E-state index in [1.54, 1.807) is 0 Å². The van der Waals surface area contributed by atoms with Gasteiger partial charge in [0.1, 0.15) is 11.5 Å². The maximum Gasteiger partial charge on any atom is 0.224 e. The SMILES string of the molecule is Cc1ccc(CN2CCCCCCNC(=O)C3CC(C(=O)NCCc4c[nH]c5ccccc45)CC32)o1. The smallest absolute Gasteiger partial charge is 0.224 e. The van der Waals surface area contributed by atoms with Crippen molar-refractivity contribution < 1.29 is 14.0 Å². The van der Waals surface area contributed by atoms with E-state index in [-0.39, 0.29) is 29.7 Å². The first-order valence-electron chi connectivity index (χ1n) is 13.5. The molecule has 1 saturated heterocycles. The molecule has 3 heterocycles. The molecular weight excluding hydrogens is 452 g/mol. The van der Waals surface area contributed by atoms with Crippen molar-refractivity contribution in [3.05, 3.63) is 59.7 Å². The number of hydrogen-bond acceptors (Lipinski definition) is 4. The number of hydrogen-bond donors (Lipinski definition) is 3. The first kappa shape index (κ1) is 24.6. The number of aromatic amines is 1. The van der Waals surface area contributed by atoms with E-state index in [1.807, 2.05) is 37.4 Å². The van der Waals surface area contributed by atoms with Gasteiger partial charge in [-0.1, -0.05) is 31.0 Å². The molecule has 1 aliphatic heterocycles. The molecule has 0 spiro atoms. The molecule has 1 aliphatic carbocycles. The summed E-state index contributed by atoms with van der Waals surface area (Å²) in [6.45, 7) is 4.87. The summed E-state index contributed by atoms with van der Waals surface area (Å²) in [5, 5.41) is 7.52. The first-order chi connectivity index (χ1) is 17.6. The van der Waals surface area contributed by atoms with Gasteiger partial charge in [-0.3, -0.25) is 14.5 Å². The number of furan rings is 1. The van der Waals surface area contributed by atoms with Gasteiger partial charge in [0.15, 0.2) is 0 Å². The van der Waals surface area contributed by atoms with Crippen LogP contribution in [-0.2, 0) is 22.6 Å². The van der Waals surface area contributed by atoms with Gasteiger partial charge < -0.3 is 20.0 Å². The molecule has 3 aromatic rings. The van der Waals surface area contributed by atoms with E-state index in [0.717, 1.165) is 62.2 Å². The average molecular weight is 491 g/mol. The third-order valence-electron chi connectivity index (χ3n) is 7.90. The van der Waals surface area contributed by atoms with Crippen LogP contribution in [0.5, 0.6) is 0 Å². The Balaban J connectivity index is 1.25. The van der Waals surface area contributed by atoms with Gasteiger partial charge in [-0.25, -0.2) is 0 Å². The zero-order valence-corrected chi connectivity index (χ0v) is 21.2. The molecule has 3 N–H and O–H groups in total. The number of carbonyl (C=O) groups is 2. The second kappa shape index (κ2) is 11.3. The van der Waals surface area contributed by atoms with Crippen LogP contribution in [-0.4, -0.2) is 47.4 Å². The normalized spacial score (nSPS) is 23.7. The molecule has 7 nitrogen and oxygen atoms in total. The molecule has 2 aromatic heterocycles. The molecule has 2 amide bonds. The number of aromatic nitrogens is 1. The topological polar surface area (TPSA) is 90.4 Å². The minimum Gasteiger partial charge on any atom is -0.465 e. The van der Waals surface area contributed by atoms with E-state index in [2.05, 4.69) is 32.7 Å². The highest BCUT2D eigenvalue weighted by molar-refractivity contribution is 5.85. The molecule has 7 heteroatoms. The van der Waals surface area contributed by atoms with Crippen LogP contribution in [0.2, 0.25) is 0 Å². The fourth-order valence-electron chi connectivity index (χ4n) is 5.99. The third kappa shape index (κ3) is 5.67. The average Bonchev–Trinajstić information content (AvgIpc) is 3.60. The van der Waals surface area contributed by atoms with Crippen LogP contribution in [0.1, 0.15) is 55.6 Å². The van der Waals surface area contributed by atoms with Gasteiger partial charge >= 0.3 is 0 Å². The van der Waals surface area contributed by atoms with Gasteiger partial charge in [0.25, 0.3) is 0 Å². The number of benzene rings is 1. The summed E-state index contributed by atoms with van der Waals surface area (Å²) in [4.78, 5) is 32.1. The second-order valence-electron chi connectivity index (χ2n) is 10.4. The molecule has 36 heavy (non-hydrogen) atoms. The number of nitrogens with one attached hydrogen (secondary N) is 3. The molecule has 1 saturated carbocycles. The lowest BCUT2D eigenvalue weighted by atomic mass is 10.00. The fraction of sp³-hybridized carbons (Fsp3) is 0.517. The van der Waals surface area contributed by atoms with Crippen LogP contribution in [0.15, 0.2) is 47.0 Å². The summed E-state index contributed by atoms with van der Waals surface area (Å²) in [5.74, 6) is 1.65. The zero-order valence-electron chi connectivity index (χ0n) is 21.2. The minimum absolute atomic E-state index is 0.0397. The molecule has 3 unspecified atom stereocenters.